The van der Waals surface area contributed by atoms with E-state index in [1.54, 1.807) is 6.92 Å². The molecule has 0 aromatic heterocycles. The summed E-state index contributed by atoms with van der Waals surface area (Å²) in [5.41, 5.74) is 5.48. The van der Waals surface area contributed by atoms with Gasteiger partial charge in [-0.05, 0) is 12.5 Å². The zero-order chi connectivity index (χ0) is 16.3. The highest BCUT2D eigenvalue weighted by molar-refractivity contribution is 7.91. The summed E-state index contributed by atoms with van der Waals surface area (Å²) in [5.74, 6) is -2.14. The van der Waals surface area contributed by atoms with Gasteiger partial charge in [-0.1, -0.05) is 6.92 Å². The van der Waals surface area contributed by atoms with Gasteiger partial charge in [0.25, 0.3) is 0 Å². The Morgan fingerprint density at radius 3 is 2.19 bits per heavy atom. The van der Waals surface area contributed by atoms with Gasteiger partial charge in [0.1, 0.15) is 16.4 Å². The average Bonchev–Trinajstić information content (AvgIpc) is 2.36. The molecule has 8 heteroatoms. The Balaban J connectivity index is 3.43. The first-order valence-electron chi connectivity index (χ1n) is 6.36. The maximum Gasteiger partial charge on any atom is 0.224 e. The average molecular weight is 319 g/mol. The predicted molar refractivity (Wildman–Crippen MR) is 76.9 cm³/mol. The van der Waals surface area contributed by atoms with E-state index in [1.807, 2.05) is 0 Å². The molecule has 0 aliphatic heterocycles. The highest BCUT2D eigenvalue weighted by Crippen LogP contribution is 2.34. The fraction of sp³-hybridized carbons (Fsp3) is 0.538. The summed E-state index contributed by atoms with van der Waals surface area (Å²) in [6.45, 7) is 1.76. The Labute approximate surface area is 124 Å². The smallest absolute Gasteiger partial charge is 0.224 e. The van der Waals surface area contributed by atoms with E-state index in [1.165, 1.54) is 26.4 Å². The van der Waals surface area contributed by atoms with Gasteiger partial charge in [-0.2, -0.15) is 0 Å². The minimum Gasteiger partial charge on any atom is -0.496 e. The fourth-order valence-corrected chi connectivity index (χ4v) is 3.47. The standard InChI is InChI=1S/C13H21NO6S/c1-4-5-21(17,18)12-7-10(19-2)9(6-11(12)20-3)8-13(14,15)16/h6-7,15-16H,4-5,8,14H2,1-3H3. The SMILES string of the molecule is CCCS(=O)(=O)c1cc(OC)c(CC(N)(O)O)cc1OC. The number of hydrogen-bond donors (Lipinski definition) is 3. The van der Waals surface area contributed by atoms with Gasteiger partial charge < -0.3 is 19.7 Å². The molecule has 0 heterocycles. The molecule has 0 unspecified atom stereocenters. The lowest BCUT2D eigenvalue weighted by Crippen LogP contribution is -2.41. The molecular formula is C13H21NO6S. The topological polar surface area (TPSA) is 119 Å². The van der Waals surface area contributed by atoms with Gasteiger partial charge >= 0.3 is 0 Å². The van der Waals surface area contributed by atoms with Crippen LogP contribution >= 0.6 is 0 Å². The van der Waals surface area contributed by atoms with E-state index in [0.29, 0.717) is 12.0 Å². The van der Waals surface area contributed by atoms with Gasteiger partial charge in [0.15, 0.2) is 9.84 Å². The van der Waals surface area contributed by atoms with Crippen LogP contribution in [0.25, 0.3) is 0 Å². The van der Waals surface area contributed by atoms with Crippen LogP contribution in [-0.4, -0.2) is 44.5 Å². The lowest BCUT2D eigenvalue weighted by atomic mass is 10.1. The van der Waals surface area contributed by atoms with Crippen LogP contribution in [0.4, 0.5) is 0 Å². The molecule has 0 saturated heterocycles. The summed E-state index contributed by atoms with van der Waals surface area (Å²) in [4.78, 5) is 0.00551. The van der Waals surface area contributed by atoms with Gasteiger partial charge in [0.05, 0.1) is 20.0 Å². The lowest BCUT2D eigenvalue weighted by molar-refractivity contribution is -0.153. The van der Waals surface area contributed by atoms with Gasteiger partial charge in [0.2, 0.25) is 5.91 Å². The fourth-order valence-electron chi connectivity index (χ4n) is 1.97. The second-order valence-electron chi connectivity index (χ2n) is 4.69. The molecule has 0 radical (unpaired) electrons. The Hall–Kier alpha value is -1.35. The maximum atomic E-state index is 12.2. The maximum absolute atomic E-state index is 12.2. The van der Waals surface area contributed by atoms with Crippen molar-refractivity contribution in [1.29, 1.82) is 0 Å². The summed E-state index contributed by atoms with van der Waals surface area (Å²) in [5, 5.41) is 18.6. The van der Waals surface area contributed by atoms with Crippen molar-refractivity contribution < 1.29 is 28.1 Å². The normalized spacial score (nSPS) is 12.3. The van der Waals surface area contributed by atoms with Crippen molar-refractivity contribution in [2.75, 3.05) is 20.0 Å². The molecule has 1 rings (SSSR count). The van der Waals surface area contributed by atoms with E-state index >= 15 is 0 Å². The second-order valence-corrected chi connectivity index (χ2v) is 6.77. The van der Waals surface area contributed by atoms with Crippen molar-refractivity contribution in [3.8, 4) is 11.5 Å². The van der Waals surface area contributed by atoms with Crippen molar-refractivity contribution >= 4 is 9.84 Å². The number of rotatable bonds is 7. The van der Waals surface area contributed by atoms with Crippen LogP contribution in [-0.2, 0) is 16.3 Å². The zero-order valence-corrected chi connectivity index (χ0v) is 13.1. The first kappa shape index (κ1) is 17.7. The van der Waals surface area contributed by atoms with Crippen LogP contribution in [0.1, 0.15) is 18.9 Å². The van der Waals surface area contributed by atoms with Crippen LogP contribution in [0.3, 0.4) is 0 Å². The van der Waals surface area contributed by atoms with Crippen LogP contribution in [0.15, 0.2) is 17.0 Å². The third kappa shape index (κ3) is 4.57. The number of hydrogen-bond acceptors (Lipinski definition) is 7. The van der Waals surface area contributed by atoms with Crippen molar-refractivity contribution in [2.45, 2.75) is 30.6 Å². The second kappa shape index (κ2) is 6.61. The highest BCUT2D eigenvalue weighted by Gasteiger charge is 2.25. The summed E-state index contributed by atoms with van der Waals surface area (Å²) < 4.78 is 34.6. The van der Waals surface area contributed by atoms with Crippen molar-refractivity contribution in [2.24, 2.45) is 5.73 Å². The summed E-state index contributed by atoms with van der Waals surface area (Å²) in [6, 6.07) is 2.69. The number of ether oxygens (including phenoxy) is 2. The molecule has 0 spiro atoms. The first-order valence-corrected chi connectivity index (χ1v) is 8.01. The molecule has 7 nitrogen and oxygen atoms in total. The van der Waals surface area contributed by atoms with Crippen molar-refractivity contribution in [3.05, 3.63) is 17.7 Å². The molecule has 0 amide bonds. The van der Waals surface area contributed by atoms with Crippen molar-refractivity contribution in [1.82, 2.24) is 0 Å². The number of benzene rings is 1. The van der Waals surface area contributed by atoms with E-state index in [0.717, 1.165) is 0 Å². The molecule has 1 aromatic carbocycles. The monoisotopic (exact) mass is 319 g/mol. The van der Waals surface area contributed by atoms with E-state index in [4.69, 9.17) is 15.2 Å². The Kier molecular flexibility index (Phi) is 5.57. The van der Waals surface area contributed by atoms with E-state index < -0.39 is 15.7 Å². The van der Waals surface area contributed by atoms with Crippen LogP contribution in [0.5, 0.6) is 11.5 Å². The van der Waals surface area contributed by atoms with Gasteiger partial charge in [-0.3, -0.25) is 5.73 Å². The van der Waals surface area contributed by atoms with Gasteiger partial charge in [0, 0.05) is 18.1 Å². The third-order valence-corrected chi connectivity index (χ3v) is 4.76. The quantitative estimate of drug-likeness (QED) is 0.606. The lowest BCUT2D eigenvalue weighted by Gasteiger charge is -2.19. The van der Waals surface area contributed by atoms with Gasteiger partial charge in [-0.25, -0.2) is 8.42 Å². The molecule has 0 bridgehead atoms. The predicted octanol–water partition coefficient (Wildman–Crippen LogP) is 0.0271. The third-order valence-electron chi connectivity index (χ3n) is 2.83. The zero-order valence-electron chi connectivity index (χ0n) is 12.3. The Morgan fingerprint density at radius 2 is 1.76 bits per heavy atom. The molecule has 0 atom stereocenters. The molecule has 21 heavy (non-hydrogen) atoms. The summed E-state index contributed by atoms with van der Waals surface area (Å²) in [6.07, 6.45) is 0.134. The Morgan fingerprint density at radius 1 is 1.19 bits per heavy atom. The Bertz CT molecular complexity index is 591. The minimum absolute atomic E-state index is 0.00551. The highest BCUT2D eigenvalue weighted by atomic mass is 32.2. The minimum atomic E-state index is -3.51. The van der Waals surface area contributed by atoms with E-state index in [9.17, 15) is 18.6 Å². The first-order chi connectivity index (χ1) is 9.64. The van der Waals surface area contributed by atoms with Crippen LogP contribution in [0.2, 0.25) is 0 Å². The van der Waals surface area contributed by atoms with Crippen LogP contribution < -0.4 is 15.2 Å². The molecule has 0 aliphatic rings. The number of sulfone groups is 1. The summed E-state index contributed by atoms with van der Waals surface area (Å²) >= 11 is 0. The number of aliphatic hydroxyl groups is 2. The molecule has 120 valence electrons. The van der Waals surface area contributed by atoms with E-state index in [2.05, 4.69) is 0 Å². The molecule has 0 fully saturated rings. The summed E-state index contributed by atoms with van der Waals surface area (Å²) in [7, 11) is -0.814. The largest absolute Gasteiger partial charge is 0.496 e. The van der Waals surface area contributed by atoms with Crippen LogP contribution in [0, 0.1) is 0 Å². The molecule has 4 N–H and O–H groups in total. The number of methoxy groups -OCH3 is 2. The molecule has 0 saturated carbocycles. The number of nitrogens with two attached hydrogens (primary N) is 1. The molecular weight excluding hydrogens is 298 g/mol. The van der Waals surface area contributed by atoms with Gasteiger partial charge in [-0.15, -0.1) is 0 Å². The van der Waals surface area contributed by atoms with Crippen molar-refractivity contribution in [3.63, 3.8) is 0 Å². The van der Waals surface area contributed by atoms with E-state index in [-0.39, 0.29) is 28.6 Å². The molecule has 1 aromatic rings. The molecule has 0 aliphatic carbocycles.